The van der Waals surface area contributed by atoms with E-state index < -0.39 is 0 Å². The summed E-state index contributed by atoms with van der Waals surface area (Å²) in [6.07, 6.45) is 4.19. The second kappa shape index (κ2) is 5.22. The number of nitrogens with zero attached hydrogens (tertiary/aromatic N) is 4. The highest BCUT2D eigenvalue weighted by Gasteiger charge is 2.24. The van der Waals surface area contributed by atoms with Gasteiger partial charge in [0.05, 0.1) is 11.7 Å². The highest BCUT2D eigenvalue weighted by Crippen LogP contribution is 2.30. The van der Waals surface area contributed by atoms with Gasteiger partial charge in [-0.05, 0) is 33.4 Å². The molecule has 0 radical (unpaired) electrons. The molecule has 0 bridgehead atoms. The molecule has 5 nitrogen and oxygen atoms in total. The first-order valence-electron chi connectivity index (χ1n) is 6.45. The van der Waals surface area contributed by atoms with E-state index in [9.17, 15) is 0 Å². The van der Waals surface area contributed by atoms with Gasteiger partial charge in [0, 0.05) is 17.6 Å². The van der Waals surface area contributed by atoms with Gasteiger partial charge in [-0.3, -0.25) is 4.90 Å². The molecule has 100 valence electrons. The second-order valence-electron chi connectivity index (χ2n) is 4.83. The van der Waals surface area contributed by atoms with Crippen LogP contribution >= 0.6 is 11.3 Å². The van der Waals surface area contributed by atoms with Crippen molar-refractivity contribution in [1.82, 2.24) is 19.9 Å². The van der Waals surface area contributed by atoms with Gasteiger partial charge in [0.15, 0.2) is 5.13 Å². The Balaban J connectivity index is 1.87. The normalized spacial score (nSPS) is 19.8. The second-order valence-corrected chi connectivity index (χ2v) is 5.72. The number of rotatable bonds is 3. The molecule has 1 atom stereocenters. The molecule has 1 N–H and O–H groups in total. The Bertz CT molecular complexity index is 554. The number of hydrogen-bond donors (Lipinski definition) is 1. The number of hydrogen-bond acceptors (Lipinski definition) is 6. The molecular formula is C13H17N5S. The first kappa shape index (κ1) is 12.5. The minimum absolute atomic E-state index is 0.415. The van der Waals surface area contributed by atoms with E-state index in [1.807, 2.05) is 18.4 Å². The molecule has 1 saturated heterocycles. The molecule has 2 aromatic rings. The molecular weight excluding hydrogens is 258 g/mol. The van der Waals surface area contributed by atoms with E-state index in [0.717, 1.165) is 29.0 Å². The minimum atomic E-state index is 0.415. The lowest BCUT2D eigenvalue weighted by Gasteiger charge is -2.19. The van der Waals surface area contributed by atoms with E-state index in [2.05, 4.69) is 32.2 Å². The molecule has 1 aliphatic rings. The van der Waals surface area contributed by atoms with Crippen molar-refractivity contribution in [2.24, 2.45) is 0 Å². The average Bonchev–Trinajstić information content (AvgIpc) is 2.99. The van der Waals surface area contributed by atoms with E-state index >= 15 is 0 Å². The van der Waals surface area contributed by atoms with E-state index in [0.29, 0.717) is 6.04 Å². The number of aromatic nitrogens is 3. The molecule has 3 heterocycles. The van der Waals surface area contributed by atoms with E-state index in [1.54, 1.807) is 17.5 Å². The highest BCUT2D eigenvalue weighted by atomic mass is 32.1. The molecule has 3 rings (SSSR count). The molecule has 1 aliphatic heterocycles. The smallest absolute Gasteiger partial charge is 0.188 e. The Morgan fingerprint density at radius 2 is 2.32 bits per heavy atom. The van der Waals surface area contributed by atoms with E-state index in [4.69, 9.17) is 0 Å². The molecule has 0 spiro atoms. The van der Waals surface area contributed by atoms with Crippen LogP contribution in [0.4, 0.5) is 10.9 Å². The van der Waals surface area contributed by atoms with Crippen molar-refractivity contribution in [1.29, 1.82) is 0 Å². The lowest BCUT2D eigenvalue weighted by molar-refractivity contribution is 0.311. The fourth-order valence-electron chi connectivity index (χ4n) is 2.50. The fraction of sp³-hybridized carbons (Fsp3) is 0.462. The maximum atomic E-state index is 4.59. The molecule has 0 amide bonds. The maximum Gasteiger partial charge on any atom is 0.188 e. The summed E-state index contributed by atoms with van der Waals surface area (Å²) >= 11 is 1.57. The van der Waals surface area contributed by atoms with Gasteiger partial charge in [-0.1, -0.05) is 0 Å². The van der Waals surface area contributed by atoms with Gasteiger partial charge >= 0.3 is 0 Å². The van der Waals surface area contributed by atoms with Crippen LogP contribution in [0.25, 0.3) is 0 Å². The Kier molecular flexibility index (Phi) is 3.44. The third kappa shape index (κ3) is 2.74. The Labute approximate surface area is 116 Å². The predicted octanol–water partition coefficient (Wildman–Crippen LogP) is 2.75. The first-order chi connectivity index (χ1) is 9.22. The Hall–Kier alpha value is -1.53. The van der Waals surface area contributed by atoms with Gasteiger partial charge in [0.2, 0.25) is 0 Å². The van der Waals surface area contributed by atoms with Crippen LogP contribution in [0.1, 0.15) is 30.4 Å². The van der Waals surface area contributed by atoms with Crippen molar-refractivity contribution < 1.29 is 0 Å². The average molecular weight is 275 g/mol. The van der Waals surface area contributed by atoms with Crippen LogP contribution in [0.2, 0.25) is 0 Å². The quantitative estimate of drug-likeness (QED) is 0.933. The lowest BCUT2D eigenvalue weighted by Crippen LogP contribution is -2.19. The summed E-state index contributed by atoms with van der Waals surface area (Å²) < 4.78 is 0. The third-order valence-corrected chi connectivity index (χ3v) is 4.08. The summed E-state index contributed by atoms with van der Waals surface area (Å²) in [5, 5.41) is 6.05. The lowest BCUT2D eigenvalue weighted by atomic mass is 10.1. The number of thiazole rings is 1. The molecule has 1 unspecified atom stereocenters. The number of aryl methyl sites for hydroxylation is 1. The standard InChI is InChI=1S/C13H17N5S/c1-9-15-10(11-4-3-6-18(11)2)8-12(16-9)17-13-14-5-7-19-13/h5,7-8,11H,3-4,6H2,1-2H3,(H,14,15,16,17). The van der Waals surface area contributed by atoms with Gasteiger partial charge < -0.3 is 5.32 Å². The van der Waals surface area contributed by atoms with Crippen LogP contribution in [0.5, 0.6) is 0 Å². The molecule has 0 aliphatic carbocycles. The zero-order chi connectivity index (χ0) is 13.2. The van der Waals surface area contributed by atoms with Crippen LogP contribution in [0.3, 0.4) is 0 Å². The van der Waals surface area contributed by atoms with E-state index in [-0.39, 0.29) is 0 Å². The summed E-state index contributed by atoms with van der Waals surface area (Å²) in [6.45, 7) is 3.08. The molecule has 1 fully saturated rings. The molecule has 6 heteroatoms. The van der Waals surface area contributed by atoms with Gasteiger partial charge in [0.1, 0.15) is 11.6 Å². The van der Waals surface area contributed by atoms with Gasteiger partial charge in [-0.15, -0.1) is 11.3 Å². The van der Waals surface area contributed by atoms with Crippen molar-refractivity contribution in [2.75, 3.05) is 18.9 Å². The van der Waals surface area contributed by atoms with Crippen molar-refractivity contribution in [3.8, 4) is 0 Å². The minimum Gasteiger partial charge on any atom is -0.316 e. The van der Waals surface area contributed by atoms with Crippen LogP contribution in [-0.4, -0.2) is 33.4 Å². The topological polar surface area (TPSA) is 53.9 Å². The number of likely N-dealkylation sites (tertiary alicyclic amines) is 1. The van der Waals surface area contributed by atoms with Gasteiger partial charge in [0.25, 0.3) is 0 Å². The third-order valence-electron chi connectivity index (χ3n) is 3.39. The van der Waals surface area contributed by atoms with Crippen molar-refractivity contribution in [3.05, 3.63) is 29.2 Å². The van der Waals surface area contributed by atoms with Gasteiger partial charge in [-0.25, -0.2) is 15.0 Å². The Morgan fingerprint density at radius 1 is 1.42 bits per heavy atom. The summed E-state index contributed by atoms with van der Waals surface area (Å²) in [5.74, 6) is 1.63. The summed E-state index contributed by atoms with van der Waals surface area (Å²) in [5.41, 5.74) is 1.10. The predicted molar refractivity (Wildman–Crippen MR) is 76.8 cm³/mol. The summed E-state index contributed by atoms with van der Waals surface area (Å²) in [7, 11) is 2.16. The largest absolute Gasteiger partial charge is 0.316 e. The fourth-order valence-corrected chi connectivity index (χ4v) is 3.04. The van der Waals surface area contributed by atoms with Crippen molar-refractivity contribution in [2.45, 2.75) is 25.8 Å². The van der Waals surface area contributed by atoms with Crippen LogP contribution in [0.15, 0.2) is 17.6 Å². The van der Waals surface area contributed by atoms with Crippen LogP contribution in [-0.2, 0) is 0 Å². The molecule has 2 aromatic heterocycles. The molecule has 0 aromatic carbocycles. The summed E-state index contributed by atoms with van der Waals surface area (Å²) in [4.78, 5) is 15.6. The zero-order valence-electron chi connectivity index (χ0n) is 11.1. The van der Waals surface area contributed by atoms with Gasteiger partial charge in [-0.2, -0.15) is 0 Å². The molecule has 0 saturated carbocycles. The summed E-state index contributed by atoms with van der Waals surface area (Å²) in [6, 6.07) is 2.46. The van der Waals surface area contributed by atoms with Crippen molar-refractivity contribution in [3.63, 3.8) is 0 Å². The Morgan fingerprint density at radius 3 is 3.00 bits per heavy atom. The maximum absolute atomic E-state index is 4.59. The first-order valence-corrected chi connectivity index (χ1v) is 7.32. The SMILES string of the molecule is Cc1nc(Nc2nccs2)cc(C2CCCN2C)n1. The van der Waals surface area contributed by atoms with Crippen LogP contribution < -0.4 is 5.32 Å². The van der Waals surface area contributed by atoms with E-state index in [1.165, 1.54) is 12.8 Å². The van der Waals surface area contributed by atoms with Crippen molar-refractivity contribution >= 4 is 22.3 Å². The number of anilines is 2. The van der Waals surface area contributed by atoms with Crippen LogP contribution in [0, 0.1) is 6.92 Å². The zero-order valence-corrected chi connectivity index (χ0v) is 11.9. The number of nitrogens with one attached hydrogen (secondary N) is 1. The monoisotopic (exact) mass is 275 g/mol. The highest BCUT2D eigenvalue weighted by molar-refractivity contribution is 7.13. The molecule has 19 heavy (non-hydrogen) atoms.